The first kappa shape index (κ1) is 12.8. The Balaban J connectivity index is 1.91. The van der Waals surface area contributed by atoms with E-state index in [0.717, 1.165) is 17.2 Å². The molecule has 1 amide bonds. The van der Waals surface area contributed by atoms with Crippen molar-refractivity contribution < 1.29 is 9.53 Å². The molecule has 0 aromatic carbocycles. The highest BCUT2D eigenvalue weighted by molar-refractivity contribution is 5.77. The molecule has 0 radical (unpaired) electrons. The summed E-state index contributed by atoms with van der Waals surface area (Å²) < 4.78 is 5.45. The number of morpholine rings is 1. The minimum atomic E-state index is -0.00517. The maximum absolute atomic E-state index is 11.3. The van der Waals surface area contributed by atoms with E-state index in [2.05, 4.69) is 15.3 Å². The van der Waals surface area contributed by atoms with Crippen LogP contribution >= 0.6 is 0 Å². The highest BCUT2D eigenvalue weighted by Crippen LogP contribution is 2.10. The van der Waals surface area contributed by atoms with Crippen LogP contribution in [0.25, 0.3) is 0 Å². The summed E-state index contributed by atoms with van der Waals surface area (Å²) >= 11 is 0. The SMILES string of the molecule is Cc1cnc(C)c(NCC2CN(C)C(=O)CO2)n1. The largest absolute Gasteiger partial charge is 0.366 e. The number of anilines is 1. The lowest BCUT2D eigenvalue weighted by atomic mass is 10.2. The summed E-state index contributed by atoms with van der Waals surface area (Å²) in [6.07, 6.45) is 1.73. The third kappa shape index (κ3) is 2.95. The Morgan fingerprint density at radius 2 is 2.33 bits per heavy atom. The van der Waals surface area contributed by atoms with Crippen LogP contribution in [0, 0.1) is 13.8 Å². The number of ether oxygens (including phenoxy) is 1. The van der Waals surface area contributed by atoms with E-state index in [1.54, 1.807) is 18.1 Å². The summed E-state index contributed by atoms with van der Waals surface area (Å²) in [6.45, 7) is 5.19. The smallest absolute Gasteiger partial charge is 0.248 e. The molecule has 2 heterocycles. The first-order valence-electron chi connectivity index (χ1n) is 5.96. The van der Waals surface area contributed by atoms with Gasteiger partial charge < -0.3 is 15.0 Å². The third-order valence-corrected chi connectivity index (χ3v) is 2.92. The van der Waals surface area contributed by atoms with Crippen molar-refractivity contribution in [2.75, 3.05) is 32.1 Å². The number of nitrogens with one attached hydrogen (secondary N) is 1. The Labute approximate surface area is 106 Å². The number of nitrogens with zero attached hydrogens (tertiary/aromatic N) is 3. The van der Waals surface area contributed by atoms with Crippen LogP contribution < -0.4 is 5.32 Å². The Hall–Kier alpha value is -1.69. The fourth-order valence-corrected chi connectivity index (χ4v) is 1.80. The lowest BCUT2D eigenvalue weighted by Crippen LogP contribution is -2.46. The zero-order valence-electron chi connectivity index (χ0n) is 10.9. The fraction of sp³-hybridized carbons (Fsp3) is 0.583. The van der Waals surface area contributed by atoms with Gasteiger partial charge in [-0.3, -0.25) is 9.78 Å². The minimum absolute atomic E-state index is 0.00517. The van der Waals surface area contributed by atoms with Gasteiger partial charge in [0.1, 0.15) is 12.4 Å². The van der Waals surface area contributed by atoms with Crippen molar-refractivity contribution in [1.29, 1.82) is 0 Å². The van der Waals surface area contributed by atoms with Crippen molar-refractivity contribution in [3.63, 3.8) is 0 Å². The number of hydrogen-bond acceptors (Lipinski definition) is 5. The number of rotatable bonds is 3. The Bertz CT molecular complexity index is 450. The molecule has 1 aromatic heterocycles. The number of likely N-dealkylation sites (N-methyl/N-ethyl adjacent to an activating group) is 1. The summed E-state index contributed by atoms with van der Waals surface area (Å²) in [6, 6.07) is 0. The van der Waals surface area contributed by atoms with Gasteiger partial charge >= 0.3 is 0 Å². The molecule has 1 fully saturated rings. The summed E-state index contributed by atoms with van der Waals surface area (Å²) in [5.41, 5.74) is 1.74. The second-order valence-corrected chi connectivity index (χ2v) is 4.53. The number of aromatic nitrogens is 2. The summed E-state index contributed by atoms with van der Waals surface area (Å²) in [7, 11) is 1.79. The minimum Gasteiger partial charge on any atom is -0.366 e. The van der Waals surface area contributed by atoms with Crippen LogP contribution in [0.3, 0.4) is 0 Å². The van der Waals surface area contributed by atoms with Crippen LogP contribution in [-0.2, 0) is 9.53 Å². The monoisotopic (exact) mass is 250 g/mol. The van der Waals surface area contributed by atoms with E-state index in [4.69, 9.17) is 4.74 Å². The van der Waals surface area contributed by atoms with E-state index in [9.17, 15) is 4.79 Å². The quantitative estimate of drug-likeness (QED) is 0.839. The first-order chi connectivity index (χ1) is 8.56. The molecule has 0 spiro atoms. The van der Waals surface area contributed by atoms with Gasteiger partial charge in [-0.15, -0.1) is 0 Å². The van der Waals surface area contributed by atoms with Crippen LogP contribution in [0.1, 0.15) is 11.4 Å². The van der Waals surface area contributed by atoms with Crippen LogP contribution in [0.5, 0.6) is 0 Å². The molecule has 6 nitrogen and oxygen atoms in total. The maximum atomic E-state index is 11.3. The Morgan fingerprint density at radius 1 is 1.56 bits per heavy atom. The van der Waals surface area contributed by atoms with E-state index in [1.165, 1.54) is 0 Å². The van der Waals surface area contributed by atoms with Gasteiger partial charge in [-0.05, 0) is 13.8 Å². The first-order valence-corrected chi connectivity index (χ1v) is 5.96. The average molecular weight is 250 g/mol. The van der Waals surface area contributed by atoms with Gasteiger partial charge in [0.25, 0.3) is 0 Å². The molecule has 1 atom stereocenters. The zero-order chi connectivity index (χ0) is 13.1. The van der Waals surface area contributed by atoms with E-state index >= 15 is 0 Å². The predicted octanol–water partition coefficient (Wildman–Crippen LogP) is 0.363. The normalized spacial score (nSPS) is 20.1. The lowest BCUT2D eigenvalue weighted by molar-refractivity contribution is -0.145. The standard InChI is InChI=1S/C12H18N4O2/c1-8-4-13-9(2)12(15-8)14-5-10-6-16(3)11(17)7-18-10/h4,10H,5-7H2,1-3H3,(H,14,15). The second-order valence-electron chi connectivity index (χ2n) is 4.53. The van der Waals surface area contributed by atoms with Gasteiger partial charge in [-0.2, -0.15) is 0 Å². The van der Waals surface area contributed by atoms with E-state index in [1.807, 2.05) is 13.8 Å². The predicted molar refractivity (Wildman–Crippen MR) is 67.4 cm³/mol. The van der Waals surface area contributed by atoms with Crippen molar-refractivity contribution in [3.05, 3.63) is 17.6 Å². The molecule has 1 aromatic rings. The maximum Gasteiger partial charge on any atom is 0.248 e. The highest BCUT2D eigenvalue weighted by Gasteiger charge is 2.23. The molecule has 0 saturated carbocycles. The van der Waals surface area contributed by atoms with Crippen molar-refractivity contribution in [2.24, 2.45) is 0 Å². The molecule has 0 aliphatic carbocycles. The molecular weight excluding hydrogens is 232 g/mol. The summed E-state index contributed by atoms with van der Waals surface area (Å²) in [4.78, 5) is 21.6. The number of carbonyl (C=O) groups is 1. The molecule has 6 heteroatoms. The molecule has 1 saturated heterocycles. The summed E-state index contributed by atoms with van der Waals surface area (Å²) in [5, 5.41) is 3.22. The van der Waals surface area contributed by atoms with Gasteiger partial charge in [0.2, 0.25) is 5.91 Å². The highest BCUT2D eigenvalue weighted by atomic mass is 16.5. The van der Waals surface area contributed by atoms with Crippen molar-refractivity contribution in [2.45, 2.75) is 20.0 Å². The van der Waals surface area contributed by atoms with Crippen molar-refractivity contribution >= 4 is 11.7 Å². The van der Waals surface area contributed by atoms with Crippen molar-refractivity contribution in [1.82, 2.24) is 14.9 Å². The molecular formula is C12H18N4O2. The third-order valence-electron chi connectivity index (χ3n) is 2.92. The molecule has 0 bridgehead atoms. The van der Waals surface area contributed by atoms with E-state index in [0.29, 0.717) is 13.1 Å². The average Bonchev–Trinajstić information content (AvgIpc) is 2.34. The molecule has 98 valence electrons. The van der Waals surface area contributed by atoms with E-state index in [-0.39, 0.29) is 18.6 Å². The van der Waals surface area contributed by atoms with Crippen LogP contribution in [-0.4, -0.2) is 53.6 Å². The van der Waals surface area contributed by atoms with Gasteiger partial charge in [0.05, 0.1) is 17.5 Å². The number of carbonyl (C=O) groups excluding carboxylic acids is 1. The molecule has 1 aliphatic heterocycles. The van der Waals surface area contributed by atoms with Crippen LogP contribution in [0.2, 0.25) is 0 Å². The van der Waals surface area contributed by atoms with E-state index < -0.39 is 0 Å². The van der Waals surface area contributed by atoms with Gasteiger partial charge in [-0.25, -0.2) is 4.98 Å². The summed E-state index contributed by atoms with van der Waals surface area (Å²) in [5.74, 6) is 0.802. The fourth-order valence-electron chi connectivity index (χ4n) is 1.80. The van der Waals surface area contributed by atoms with Gasteiger partial charge in [0.15, 0.2) is 0 Å². The Morgan fingerprint density at radius 3 is 3.06 bits per heavy atom. The topological polar surface area (TPSA) is 67.4 Å². The van der Waals surface area contributed by atoms with Gasteiger partial charge in [0, 0.05) is 26.3 Å². The van der Waals surface area contributed by atoms with Crippen LogP contribution in [0.4, 0.5) is 5.82 Å². The zero-order valence-corrected chi connectivity index (χ0v) is 10.9. The molecule has 1 N–H and O–H groups in total. The number of hydrogen-bond donors (Lipinski definition) is 1. The lowest BCUT2D eigenvalue weighted by Gasteiger charge is -2.30. The van der Waals surface area contributed by atoms with Crippen LogP contribution in [0.15, 0.2) is 6.20 Å². The molecule has 1 unspecified atom stereocenters. The van der Waals surface area contributed by atoms with Crippen molar-refractivity contribution in [3.8, 4) is 0 Å². The number of amides is 1. The molecule has 1 aliphatic rings. The second kappa shape index (κ2) is 5.30. The van der Waals surface area contributed by atoms with Gasteiger partial charge in [-0.1, -0.05) is 0 Å². The molecule has 18 heavy (non-hydrogen) atoms. The number of aryl methyl sites for hydroxylation is 2. The molecule has 2 rings (SSSR count). The Kier molecular flexibility index (Phi) is 3.76.